The van der Waals surface area contributed by atoms with Crippen LogP contribution in [-0.2, 0) is 7.05 Å². The summed E-state index contributed by atoms with van der Waals surface area (Å²) in [5, 5.41) is 1.40. The fraction of sp³-hybridized carbons (Fsp3) is 0.300. The predicted octanol–water partition coefficient (Wildman–Crippen LogP) is 1.60. The molecule has 0 aromatic carbocycles. The fourth-order valence-electron chi connectivity index (χ4n) is 1.46. The van der Waals surface area contributed by atoms with Crippen molar-refractivity contribution in [1.82, 2.24) is 14.5 Å². The SMILES string of the molecule is Cc1nc2c(cc1Cl)c(C)nc(=O)n2C. The normalized spacial score (nSPS) is 10.9. The van der Waals surface area contributed by atoms with Gasteiger partial charge in [0.15, 0.2) is 0 Å². The highest BCUT2D eigenvalue weighted by molar-refractivity contribution is 6.31. The van der Waals surface area contributed by atoms with Crippen LogP contribution in [0.2, 0.25) is 5.02 Å². The van der Waals surface area contributed by atoms with Gasteiger partial charge in [0.1, 0.15) is 5.65 Å². The van der Waals surface area contributed by atoms with Crippen LogP contribution in [0.3, 0.4) is 0 Å². The molecule has 0 fully saturated rings. The molecular weight excluding hydrogens is 214 g/mol. The fourth-order valence-corrected chi connectivity index (χ4v) is 1.61. The van der Waals surface area contributed by atoms with Gasteiger partial charge in [-0.25, -0.2) is 9.78 Å². The zero-order valence-corrected chi connectivity index (χ0v) is 9.46. The van der Waals surface area contributed by atoms with Gasteiger partial charge >= 0.3 is 5.69 Å². The Labute approximate surface area is 91.5 Å². The largest absolute Gasteiger partial charge is 0.349 e. The Morgan fingerprint density at radius 3 is 2.60 bits per heavy atom. The van der Waals surface area contributed by atoms with Crippen molar-refractivity contribution >= 4 is 22.6 Å². The van der Waals surface area contributed by atoms with Gasteiger partial charge in [-0.05, 0) is 19.9 Å². The molecular formula is C10H10ClN3O. The number of nitrogens with zero attached hydrogens (tertiary/aromatic N) is 3. The van der Waals surface area contributed by atoms with Crippen LogP contribution in [0.25, 0.3) is 11.0 Å². The molecule has 0 atom stereocenters. The standard InChI is InChI=1S/C10H10ClN3O/c1-5-7-4-8(11)6(2)12-9(7)14(3)10(15)13-5/h4H,1-3H3. The maximum Gasteiger partial charge on any atom is 0.349 e. The van der Waals surface area contributed by atoms with Crippen molar-refractivity contribution in [2.24, 2.45) is 7.05 Å². The Morgan fingerprint density at radius 2 is 1.93 bits per heavy atom. The molecule has 2 aromatic heterocycles. The van der Waals surface area contributed by atoms with E-state index in [-0.39, 0.29) is 5.69 Å². The quantitative estimate of drug-likeness (QED) is 0.682. The molecule has 0 bridgehead atoms. The molecule has 2 aromatic rings. The van der Waals surface area contributed by atoms with E-state index in [0.717, 1.165) is 5.39 Å². The molecule has 2 heterocycles. The first kappa shape index (κ1) is 10.1. The zero-order valence-electron chi connectivity index (χ0n) is 8.71. The number of hydrogen-bond acceptors (Lipinski definition) is 3. The van der Waals surface area contributed by atoms with Gasteiger partial charge in [0.25, 0.3) is 0 Å². The van der Waals surface area contributed by atoms with Gasteiger partial charge in [-0.2, -0.15) is 4.98 Å². The summed E-state index contributed by atoms with van der Waals surface area (Å²) in [6.07, 6.45) is 0. The summed E-state index contributed by atoms with van der Waals surface area (Å²) < 4.78 is 1.42. The van der Waals surface area contributed by atoms with E-state index < -0.39 is 0 Å². The van der Waals surface area contributed by atoms with Gasteiger partial charge in [-0.1, -0.05) is 11.6 Å². The van der Waals surface area contributed by atoms with Crippen LogP contribution >= 0.6 is 11.6 Å². The highest BCUT2D eigenvalue weighted by Crippen LogP contribution is 2.20. The molecule has 0 N–H and O–H groups in total. The molecule has 0 saturated carbocycles. The van der Waals surface area contributed by atoms with E-state index in [1.54, 1.807) is 20.0 Å². The number of rotatable bonds is 0. The van der Waals surface area contributed by atoms with Gasteiger partial charge in [-0.15, -0.1) is 0 Å². The van der Waals surface area contributed by atoms with Gasteiger partial charge in [0.2, 0.25) is 0 Å². The Bertz CT molecular complexity index is 604. The average molecular weight is 224 g/mol. The molecule has 15 heavy (non-hydrogen) atoms. The highest BCUT2D eigenvalue weighted by Gasteiger charge is 2.08. The maximum atomic E-state index is 11.4. The van der Waals surface area contributed by atoms with Crippen LogP contribution in [0.1, 0.15) is 11.4 Å². The Balaban J connectivity index is 3.04. The first-order valence-electron chi connectivity index (χ1n) is 4.51. The Kier molecular flexibility index (Phi) is 2.23. The molecule has 78 valence electrons. The molecule has 0 radical (unpaired) electrons. The molecule has 0 aliphatic heterocycles. The minimum Gasteiger partial charge on any atom is -0.279 e. The lowest BCUT2D eigenvalue weighted by atomic mass is 10.2. The van der Waals surface area contributed by atoms with Gasteiger partial charge in [0, 0.05) is 12.4 Å². The molecule has 0 aliphatic carbocycles. The number of aryl methyl sites for hydroxylation is 3. The third-order valence-corrected chi connectivity index (χ3v) is 2.77. The van der Waals surface area contributed by atoms with E-state index in [0.29, 0.717) is 22.1 Å². The van der Waals surface area contributed by atoms with E-state index in [1.165, 1.54) is 4.57 Å². The van der Waals surface area contributed by atoms with Gasteiger partial charge < -0.3 is 0 Å². The van der Waals surface area contributed by atoms with Crippen molar-refractivity contribution in [3.05, 3.63) is 33.0 Å². The topological polar surface area (TPSA) is 47.8 Å². The molecule has 4 nitrogen and oxygen atoms in total. The third-order valence-electron chi connectivity index (χ3n) is 2.39. The summed E-state index contributed by atoms with van der Waals surface area (Å²) >= 11 is 5.97. The van der Waals surface area contributed by atoms with Crippen LogP contribution in [0.5, 0.6) is 0 Å². The summed E-state index contributed by atoms with van der Waals surface area (Å²) in [6, 6.07) is 1.79. The zero-order chi connectivity index (χ0) is 11.2. The number of aromatic nitrogens is 3. The first-order valence-corrected chi connectivity index (χ1v) is 4.89. The van der Waals surface area contributed by atoms with E-state index >= 15 is 0 Å². The lowest BCUT2D eigenvalue weighted by molar-refractivity contribution is 0.826. The average Bonchev–Trinajstić information content (AvgIpc) is 2.18. The lowest BCUT2D eigenvalue weighted by Crippen LogP contribution is -2.22. The second kappa shape index (κ2) is 3.31. The predicted molar refractivity (Wildman–Crippen MR) is 59.3 cm³/mol. The van der Waals surface area contributed by atoms with E-state index in [2.05, 4.69) is 9.97 Å². The molecule has 5 heteroatoms. The first-order chi connectivity index (χ1) is 7.00. The van der Waals surface area contributed by atoms with Gasteiger partial charge in [-0.3, -0.25) is 4.57 Å². The highest BCUT2D eigenvalue weighted by atomic mass is 35.5. The third kappa shape index (κ3) is 1.51. The molecule has 0 unspecified atom stereocenters. The van der Waals surface area contributed by atoms with Crippen LogP contribution in [-0.4, -0.2) is 14.5 Å². The number of halogens is 1. The lowest BCUT2D eigenvalue weighted by Gasteiger charge is -2.07. The van der Waals surface area contributed by atoms with Crippen molar-refractivity contribution in [2.45, 2.75) is 13.8 Å². The minimum absolute atomic E-state index is 0.297. The van der Waals surface area contributed by atoms with Crippen molar-refractivity contribution in [2.75, 3.05) is 0 Å². The van der Waals surface area contributed by atoms with Crippen molar-refractivity contribution in [3.8, 4) is 0 Å². The van der Waals surface area contributed by atoms with E-state index in [1.807, 2.05) is 6.92 Å². The summed E-state index contributed by atoms with van der Waals surface area (Å²) in [6.45, 7) is 3.58. The Morgan fingerprint density at radius 1 is 1.27 bits per heavy atom. The molecule has 0 spiro atoms. The second-order valence-electron chi connectivity index (χ2n) is 3.47. The summed E-state index contributed by atoms with van der Waals surface area (Å²) in [4.78, 5) is 19.6. The van der Waals surface area contributed by atoms with Crippen LogP contribution < -0.4 is 5.69 Å². The molecule has 2 rings (SSSR count). The summed E-state index contributed by atoms with van der Waals surface area (Å²) in [7, 11) is 1.65. The minimum atomic E-state index is -0.297. The van der Waals surface area contributed by atoms with E-state index in [4.69, 9.17) is 11.6 Å². The van der Waals surface area contributed by atoms with Crippen LogP contribution in [0.15, 0.2) is 10.9 Å². The molecule has 0 amide bonds. The number of pyridine rings is 1. The van der Waals surface area contributed by atoms with E-state index in [9.17, 15) is 4.79 Å². The number of hydrogen-bond donors (Lipinski definition) is 0. The molecule has 0 aliphatic rings. The van der Waals surface area contributed by atoms with Crippen molar-refractivity contribution in [1.29, 1.82) is 0 Å². The number of fused-ring (bicyclic) bond motifs is 1. The summed E-state index contributed by atoms with van der Waals surface area (Å²) in [5.74, 6) is 0. The van der Waals surface area contributed by atoms with Crippen LogP contribution in [0.4, 0.5) is 0 Å². The van der Waals surface area contributed by atoms with Gasteiger partial charge in [0.05, 0.1) is 16.4 Å². The maximum absolute atomic E-state index is 11.4. The monoisotopic (exact) mass is 223 g/mol. The molecule has 0 saturated heterocycles. The Hall–Kier alpha value is -1.42. The van der Waals surface area contributed by atoms with Crippen molar-refractivity contribution in [3.63, 3.8) is 0 Å². The van der Waals surface area contributed by atoms with Crippen LogP contribution in [0, 0.1) is 13.8 Å². The second-order valence-corrected chi connectivity index (χ2v) is 3.87. The summed E-state index contributed by atoms with van der Waals surface area (Å²) in [5.41, 5.74) is 1.69. The van der Waals surface area contributed by atoms with Crippen molar-refractivity contribution < 1.29 is 0 Å². The smallest absolute Gasteiger partial charge is 0.279 e.